The number of carbonyl (C=O) groups excluding carboxylic acids is 1. The fourth-order valence-corrected chi connectivity index (χ4v) is 2.49. The second kappa shape index (κ2) is 5.35. The van der Waals surface area contributed by atoms with Gasteiger partial charge < -0.3 is 5.32 Å². The van der Waals surface area contributed by atoms with Crippen molar-refractivity contribution in [3.8, 4) is 0 Å². The van der Waals surface area contributed by atoms with E-state index in [1.54, 1.807) is 41.5 Å². The van der Waals surface area contributed by atoms with Gasteiger partial charge in [-0.05, 0) is 20.8 Å². The Morgan fingerprint density at radius 2 is 1.53 bits per heavy atom. The summed E-state index contributed by atoms with van der Waals surface area (Å²) in [4.78, 5) is 11.5. The van der Waals surface area contributed by atoms with Crippen molar-refractivity contribution < 1.29 is 13.2 Å². The Hall–Kier alpha value is -0.620. The lowest BCUT2D eigenvalue weighted by molar-refractivity contribution is -0.128. The van der Waals surface area contributed by atoms with E-state index in [-0.39, 0.29) is 18.2 Å². The Labute approximate surface area is 104 Å². The Bertz CT molecular complexity index is 361. The van der Waals surface area contributed by atoms with Crippen LogP contribution < -0.4 is 10.0 Å². The molecule has 0 aliphatic rings. The van der Waals surface area contributed by atoms with E-state index in [4.69, 9.17) is 0 Å². The normalized spacial score (nSPS) is 13.5. The summed E-state index contributed by atoms with van der Waals surface area (Å²) in [7, 11) is -3.35. The van der Waals surface area contributed by atoms with Crippen molar-refractivity contribution in [3.63, 3.8) is 0 Å². The molecule has 0 saturated carbocycles. The van der Waals surface area contributed by atoms with E-state index in [0.717, 1.165) is 0 Å². The smallest absolute Gasteiger partial charge is 0.225 e. The molecule has 1 amide bonds. The number of hydrogen-bond acceptors (Lipinski definition) is 3. The van der Waals surface area contributed by atoms with E-state index >= 15 is 0 Å². The van der Waals surface area contributed by atoms with Crippen molar-refractivity contribution >= 4 is 15.9 Å². The molecule has 17 heavy (non-hydrogen) atoms. The first-order valence-corrected chi connectivity index (χ1v) is 7.29. The molecule has 0 atom stereocenters. The minimum absolute atomic E-state index is 0.105. The summed E-state index contributed by atoms with van der Waals surface area (Å²) < 4.78 is 25.8. The van der Waals surface area contributed by atoms with Gasteiger partial charge in [-0.25, -0.2) is 13.1 Å². The van der Waals surface area contributed by atoms with Crippen LogP contribution in [-0.4, -0.2) is 32.2 Å². The van der Waals surface area contributed by atoms with Gasteiger partial charge in [0.1, 0.15) is 0 Å². The Kier molecular flexibility index (Phi) is 5.16. The van der Waals surface area contributed by atoms with E-state index < -0.39 is 21.0 Å². The van der Waals surface area contributed by atoms with Crippen LogP contribution in [0.1, 0.15) is 41.5 Å². The van der Waals surface area contributed by atoms with E-state index in [1.165, 1.54) is 0 Å². The van der Waals surface area contributed by atoms with Gasteiger partial charge in [0.15, 0.2) is 0 Å². The standard InChI is InChI=1S/C11H24N2O3S/c1-10(2,3)9(14)12-7-8-17(15,16)13-11(4,5)6/h13H,7-8H2,1-6H3,(H,12,14). The molecule has 0 bridgehead atoms. The number of sulfonamides is 1. The van der Waals surface area contributed by atoms with Gasteiger partial charge in [0.2, 0.25) is 15.9 Å². The van der Waals surface area contributed by atoms with Crippen LogP contribution in [0.5, 0.6) is 0 Å². The highest BCUT2D eigenvalue weighted by Gasteiger charge is 2.23. The highest BCUT2D eigenvalue weighted by molar-refractivity contribution is 7.89. The minimum Gasteiger partial charge on any atom is -0.355 e. The zero-order valence-electron chi connectivity index (χ0n) is 11.5. The van der Waals surface area contributed by atoms with Crippen molar-refractivity contribution in [2.24, 2.45) is 5.41 Å². The Morgan fingerprint density at radius 3 is 1.88 bits per heavy atom. The number of carbonyl (C=O) groups is 1. The number of rotatable bonds is 4. The predicted octanol–water partition coefficient (Wildman–Crippen LogP) is 0.867. The third kappa shape index (κ3) is 8.15. The lowest BCUT2D eigenvalue weighted by Crippen LogP contribution is -2.45. The predicted molar refractivity (Wildman–Crippen MR) is 69.1 cm³/mol. The van der Waals surface area contributed by atoms with Crippen LogP contribution in [0.25, 0.3) is 0 Å². The van der Waals surface area contributed by atoms with Gasteiger partial charge in [-0.15, -0.1) is 0 Å². The first-order chi connectivity index (χ1) is 7.33. The molecule has 0 saturated heterocycles. The molecular weight excluding hydrogens is 240 g/mol. The van der Waals surface area contributed by atoms with Crippen LogP contribution in [0.15, 0.2) is 0 Å². The second-order valence-corrected chi connectivity index (χ2v) is 8.02. The quantitative estimate of drug-likeness (QED) is 0.791. The molecule has 2 N–H and O–H groups in total. The van der Waals surface area contributed by atoms with E-state index in [0.29, 0.717) is 0 Å². The molecule has 5 nitrogen and oxygen atoms in total. The summed E-state index contributed by atoms with van der Waals surface area (Å²) in [5, 5.41) is 2.61. The van der Waals surface area contributed by atoms with Gasteiger partial charge in [-0.1, -0.05) is 20.8 Å². The lowest BCUT2D eigenvalue weighted by Gasteiger charge is -2.21. The molecule has 0 heterocycles. The van der Waals surface area contributed by atoms with E-state index in [9.17, 15) is 13.2 Å². The molecule has 0 spiro atoms. The zero-order chi connectivity index (χ0) is 13.9. The molecule has 0 rings (SSSR count). The van der Waals surface area contributed by atoms with Crippen molar-refractivity contribution in [2.75, 3.05) is 12.3 Å². The molecule has 0 aliphatic carbocycles. The second-order valence-electron chi connectivity index (χ2n) is 6.18. The molecular formula is C11H24N2O3S. The monoisotopic (exact) mass is 264 g/mol. The molecule has 0 unspecified atom stereocenters. The maximum atomic E-state index is 11.6. The van der Waals surface area contributed by atoms with Crippen LogP contribution in [0.4, 0.5) is 0 Å². The molecule has 6 heteroatoms. The fourth-order valence-electron chi connectivity index (χ4n) is 1.08. The van der Waals surface area contributed by atoms with Crippen LogP contribution in [0.3, 0.4) is 0 Å². The highest BCUT2D eigenvalue weighted by Crippen LogP contribution is 2.12. The van der Waals surface area contributed by atoms with E-state index in [1.807, 2.05) is 0 Å². The first-order valence-electron chi connectivity index (χ1n) is 5.63. The first kappa shape index (κ1) is 16.4. The van der Waals surface area contributed by atoms with Crippen LogP contribution in [0, 0.1) is 5.41 Å². The maximum Gasteiger partial charge on any atom is 0.225 e. The molecule has 102 valence electrons. The maximum absolute atomic E-state index is 11.6. The van der Waals surface area contributed by atoms with Gasteiger partial charge in [-0.2, -0.15) is 0 Å². The summed E-state index contributed by atoms with van der Waals surface area (Å²) in [6, 6.07) is 0. The van der Waals surface area contributed by atoms with E-state index in [2.05, 4.69) is 10.0 Å². The molecule has 0 fully saturated rings. The summed E-state index contributed by atoms with van der Waals surface area (Å²) in [6.45, 7) is 10.8. The average molecular weight is 264 g/mol. The SMILES string of the molecule is CC(C)(C)NS(=O)(=O)CCNC(=O)C(C)(C)C. The minimum atomic E-state index is -3.35. The topological polar surface area (TPSA) is 75.3 Å². The van der Waals surface area contributed by atoms with Gasteiger partial charge in [0, 0.05) is 17.5 Å². The van der Waals surface area contributed by atoms with Crippen LogP contribution >= 0.6 is 0 Å². The fraction of sp³-hybridized carbons (Fsp3) is 0.909. The van der Waals surface area contributed by atoms with Gasteiger partial charge in [0.25, 0.3) is 0 Å². The van der Waals surface area contributed by atoms with Crippen molar-refractivity contribution in [1.29, 1.82) is 0 Å². The van der Waals surface area contributed by atoms with Crippen LogP contribution in [-0.2, 0) is 14.8 Å². The third-order valence-corrected chi connectivity index (χ3v) is 3.46. The molecule has 0 aliphatic heterocycles. The molecule has 0 aromatic heterocycles. The van der Waals surface area contributed by atoms with Gasteiger partial charge in [-0.3, -0.25) is 4.79 Å². The van der Waals surface area contributed by atoms with Crippen molar-refractivity contribution in [1.82, 2.24) is 10.0 Å². The summed E-state index contributed by atoms with van der Waals surface area (Å²) in [6.07, 6.45) is 0. The van der Waals surface area contributed by atoms with Crippen molar-refractivity contribution in [2.45, 2.75) is 47.1 Å². The summed E-state index contributed by atoms with van der Waals surface area (Å²) in [5.74, 6) is -0.255. The molecule has 0 aromatic rings. The highest BCUT2D eigenvalue weighted by atomic mass is 32.2. The van der Waals surface area contributed by atoms with Crippen molar-refractivity contribution in [3.05, 3.63) is 0 Å². The van der Waals surface area contributed by atoms with Gasteiger partial charge >= 0.3 is 0 Å². The summed E-state index contributed by atoms with van der Waals surface area (Å²) >= 11 is 0. The summed E-state index contributed by atoms with van der Waals surface area (Å²) in [5.41, 5.74) is -0.992. The van der Waals surface area contributed by atoms with Gasteiger partial charge in [0.05, 0.1) is 5.75 Å². The molecule has 0 aromatic carbocycles. The number of hydrogen-bond donors (Lipinski definition) is 2. The molecule has 0 radical (unpaired) electrons. The zero-order valence-corrected chi connectivity index (χ0v) is 12.4. The van der Waals surface area contributed by atoms with Crippen LogP contribution in [0.2, 0.25) is 0 Å². The average Bonchev–Trinajstić information content (AvgIpc) is 1.96. The largest absolute Gasteiger partial charge is 0.355 e. The number of nitrogens with one attached hydrogen (secondary N) is 2. The lowest BCUT2D eigenvalue weighted by atomic mass is 9.96. The Morgan fingerprint density at radius 1 is 1.06 bits per heavy atom. The third-order valence-electron chi connectivity index (χ3n) is 1.80. The number of amides is 1. The Balaban J connectivity index is 4.19.